The van der Waals surface area contributed by atoms with Gasteiger partial charge in [0, 0.05) is 17.1 Å². The molecule has 0 radical (unpaired) electrons. The van der Waals surface area contributed by atoms with Crippen LogP contribution in [-0.4, -0.2) is 30.7 Å². The van der Waals surface area contributed by atoms with Gasteiger partial charge in [-0.25, -0.2) is 0 Å². The van der Waals surface area contributed by atoms with Crippen LogP contribution in [0.2, 0.25) is 0 Å². The predicted molar refractivity (Wildman–Crippen MR) is 78.5 cm³/mol. The van der Waals surface area contributed by atoms with Crippen LogP contribution in [0.1, 0.15) is 31.4 Å². The number of alkyl halides is 3. The van der Waals surface area contributed by atoms with Crippen LogP contribution in [-0.2, 0) is 0 Å². The molecule has 1 atom stereocenters. The fraction of sp³-hybridized carbons (Fsp3) is 0.571. The Morgan fingerprint density at radius 2 is 1.90 bits per heavy atom. The summed E-state index contributed by atoms with van der Waals surface area (Å²) in [6, 6.07) is 7.27. The van der Waals surface area contributed by atoms with Gasteiger partial charge in [-0.05, 0) is 31.0 Å². The molecule has 0 bridgehead atoms. The van der Waals surface area contributed by atoms with Gasteiger partial charge in [-0.15, -0.1) is 0 Å². The molecule has 1 rings (SSSR count). The average Bonchev–Trinajstić information content (AvgIpc) is 2.34. The topological polar surface area (TPSA) is 29.3 Å². The first-order valence-electron chi connectivity index (χ1n) is 6.62. The summed E-state index contributed by atoms with van der Waals surface area (Å²) in [7, 11) is 0. The van der Waals surface area contributed by atoms with Gasteiger partial charge in [0.25, 0.3) is 0 Å². The van der Waals surface area contributed by atoms with Gasteiger partial charge in [0.05, 0.1) is 6.54 Å². The summed E-state index contributed by atoms with van der Waals surface area (Å²) in [4.78, 5) is 1.41. The van der Waals surface area contributed by atoms with Gasteiger partial charge in [-0.2, -0.15) is 13.2 Å². The van der Waals surface area contributed by atoms with E-state index in [4.69, 9.17) is 5.73 Å². The smallest absolute Gasteiger partial charge is 0.324 e. The third kappa shape index (κ3) is 6.24. The van der Waals surface area contributed by atoms with Crippen molar-refractivity contribution in [1.82, 2.24) is 4.90 Å². The van der Waals surface area contributed by atoms with Crippen molar-refractivity contribution in [1.29, 1.82) is 0 Å². The lowest BCUT2D eigenvalue weighted by molar-refractivity contribution is -0.146. The Balaban J connectivity index is 2.56. The van der Waals surface area contributed by atoms with Gasteiger partial charge in [-0.3, -0.25) is 4.90 Å². The van der Waals surface area contributed by atoms with Gasteiger partial charge in [0.1, 0.15) is 0 Å². The summed E-state index contributed by atoms with van der Waals surface area (Å²) in [5, 5.41) is 0. The predicted octanol–water partition coefficient (Wildman–Crippen LogP) is 4.11. The molecule has 0 spiro atoms. The third-order valence-electron chi connectivity index (χ3n) is 3.00. The average molecular weight is 353 g/mol. The van der Waals surface area contributed by atoms with E-state index in [2.05, 4.69) is 15.9 Å². The van der Waals surface area contributed by atoms with E-state index in [1.54, 1.807) is 0 Å². The first-order valence-corrected chi connectivity index (χ1v) is 7.42. The quantitative estimate of drug-likeness (QED) is 0.799. The van der Waals surface area contributed by atoms with Gasteiger partial charge in [-0.1, -0.05) is 41.1 Å². The molecule has 0 heterocycles. The van der Waals surface area contributed by atoms with E-state index in [1.165, 1.54) is 4.90 Å². The molecule has 2 nitrogen and oxygen atoms in total. The third-order valence-corrected chi connectivity index (χ3v) is 3.73. The minimum Gasteiger partial charge on any atom is -0.324 e. The van der Waals surface area contributed by atoms with Crippen LogP contribution in [0.3, 0.4) is 0 Å². The Morgan fingerprint density at radius 3 is 2.45 bits per heavy atom. The fourth-order valence-corrected chi connectivity index (χ4v) is 2.67. The van der Waals surface area contributed by atoms with E-state index in [1.807, 2.05) is 31.2 Å². The molecule has 2 N–H and O–H groups in total. The molecule has 0 fully saturated rings. The van der Waals surface area contributed by atoms with Crippen molar-refractivity contribution >= 4 is 15.9 Å². The molecule has 0 saturated carbocycles. The summed E-state index contributed by atoms with van der Waals surface area (Å²) in [6.07, 6.45) is -2.97. The lowest BCUT2D eigenvalue weighted by atomic mass is 10.0. The summed E-state index contributed by atoms with van der Waals surface area (Å²) in [6.45, 7) is 1.78. The number of hydrogen-bond acceptors (Lipinski definition) is 2. The maximum absolute atomic E-state index is 12.5. The fourth-order valence-electron chi connectivity index (χ4n) is 2.09. The van der Waals surface area contributed by atoms with Crippen LogP contribution < -0.4 is 5.73 Å². The molecule has 0 aromatic heterocycles. The molecule has 6 heteroatoms. The van der Waals surface area contributed by atoms with E-state index in [0.717, 1.165) is 10.0 Å². The molecule has 0 aliphatic carbocycles. The standard InChI is InChI=1S/C14H20BrF3N2/c1-2-8-20(10-14(16,17)18)9-7-13(19)11-5-3-4-6-12(11)15/h3-6,13H,2,7-10,19H2,1H3. The molecule has 0 aliphatic rings. The highest BCUT2D eigenvalue weighted by Gasteiger charge is 2.30. The van der Waals surface area contributed by atoms with Crippen molar-refractivity contribution < 1.29 is 13.2 Å². The van der Waals surface area contributed by atoms with E-state index >= 15 is 0 Å². The van der Waals surface area contributed by atoms with Crippen LogP contribution >= 0.6 is 15.9 Å². The molecule has 114 valence electrons. The van der Waals surface area contributed by atoms with Crippen molar-refractivity contribution in [3.05, 3.63) is 34.3 Å². The zero-order chi connectivity index (χ0) is 15.2. The van der Waals surface area contributed by atoms with Crippen LogP contribution in [0, 0.1) is 0 Å². The van der Waals surface area contributed by atoms with Crippen LogP contribution in [0.25, 0.3) is 0 Å². The minimum absolute atomic E-state index is 0.266. The highest BCUT2D eigenvalue weighted by molar-refractivity contribution is 9.10. The molecule has 0 amide bonds. The molecule has 0 saturated heterocycles. The van der Waals surface area contributed by atoms with Gasteiger partial charge >= 0.3 is 6.18 Å². The maximum Gasteiger partial charge on any atom is 0.401 e. The highest BCUT2D eigenvalue weighted by atomic mass is 79.9. The van der Waals surface area contributed by atoms with Crippen LogP contribution in [0.5, 0.6) is 0 Å². The summed E-state index contributed by atoms with van der Waals surface area (Å²) < 4.78 is 38.3. The second-order valence-corrected chi connectivity index (χ2v) is 5.66. The van der Waals surface area contributed by atoms with Crippen LogP contribution in [0.4, 0.5) is 13.2 Å². The van der Waals surface area contributed by atoms with Gasteiger partial charge in [0.15, 0.2) is 0 Å². The zero-order valence-corrected chi connectivity index (χ0v) is 13.0. The highest BCUT2D eigenvalue weighted by Crippen LogP contribution is 2.24. The van der Waals surface area contributed by atoms with E-state index < -0.39 is 12.7 Å². The molecule has 1 aromatic carbocycles. The van der Waals surface area contributed by atoms with Crippen molar-refractivity contribution in [2.24, 2.45) is 5.73 Å². The maximum atomic E-state index is 12.5. The van der Waals surface area contributed by atoms with E-state index in [0.29, 0.717) is 25.9 Å². The molecule has 0 aliphatic heterocycles. The number of hydrogen-bond donors (Lipinski definition) is 1. The monoisotopic (exact) mass is 352 g/mol. The second kappa shape index (κ2) is 8.00. The summed E-state index contributed by atoms with van der Waals surface area (Å²) in [5.74, 6) is 0. The van der Waals surface area contributed by atoms with Crippen molar-refractivity contribution in [3.8, 4) is 0 Å². The lowest BCUT2D eigenvalue weighted by Crippen LogP contribution is -2.36. The zero-order valence-electron chi connectivity index (χ0n) is 11.5. The Morgan fingerprint density at radius 1 is 1.25 bits per heavy atom. The summed E-state index contributed by atoms with van der Waals surface area (Å²) in [5.41, 5.74) is 6.99. The largest absolute Gasteiger partial charge is 0.401 e. The van der Waals surface area contributed by atoms with Crippen molar-refractivity contribution in [2.45, 2.75) is 32.0 Å². The Hall–Kier alpha value is -0.590. The number of nitrogens with zero attached hydrogens (tertiary/aromatic N) is 1. The number of rotatable bonds is 7. The first-order chi connectivity index (χ1) is 9.33. The molecular formula is C14H20BrF3N2. The Labute approximate surface area is 126 Å². The molecule has 1 aromatic rings. The number of nitrogens with two attached hydrogens (primary N) is 1. The molecule has 20 heavy (non-hydrogen) atoms. The second-order valence-electron chi connectivity index (χ2n) is 4.81. The minimum atomic E-state index is -4.16. The number of benzene rings is 1. The summed E-state index contributed by atoms with van der Waals surface area (Å²) >= 11 is 3.41. The van der Waals surface area contributed by atoms with E-state index in [9.17, 15) is 13.2 Å². The van der Waals surface area contributed by atoms with E-state index in [-0.39, 0.29) is 6.04 Å². The normalized spacial score (nSPS) is 13.8. The van der Waals surface area contributed by atoms with Crippen LogP contribution in [0.15, 0.2) is 28.7 Å². The van der Waals surface area contributed by atoms with Gasteiger partial charge < -0.3 is 5.73 Å². The molecule has 1 unspecified atom stereocenters. The molecular weight excluding hydrogens is 333 g/mol. The Bertz CT molecular complexity index is 410. The Kier molecular flexibility index (Phi) is 6.99. The number of halogens is 4. The first kappa shape index (κ1) is 17.5. The lowest BCUT2D eigenvalue weighted by Gasteiger charge is -2.24. The van der Waals surface area contributed by atoms with Crippen molar-refractivity contribution in [3.63, 3.8) is 0 Å². The SMILES string of the molecule is CCCN(CCC(N)c1ccccc1Br)CC(F)(F)F. The van der Waals surface area contributed by atoms with Crippen molar-refractivity contribution in [2.75, 3.05) is 19.6 Å². The van der Waals surface area contributed by atoms with Gasteiger partial charge in [0.2, 0.25) is 0 Å².